The smallest absolute Gasteiger partial charge is 0.243 e. The van der Waals surface area contributed by atoms with E-state index in [4.69, 9.17) is 9.15 Å². The normalized spacial score (nSPS) is 15.8. The fourth-order valence-electron chi connectivity index (χ4n) is 3.89. The maximum Gasteiger partial charge on any atom is 0.243 e. The number of methoxy groups -OCH3 is 1. The van der Waals surface area contributed by atoms with Gasteiger partial charge in [0.1, 0.15) is 11.4 Å². The van der Waals surface area contributed by atoms with Gasteiger partial charge in [-0.05, 0) is 48.6 Å². The minimum absolute atomic E-state index is 0.0788. The molecule has 3 aromatic rings. The highest BCUT2D eigenvalue weighted by molar-refractivity contribution is 6.01. The fraction of sp³-hybridized carbons (Fsp3) is 0.333. The Morgan fingerprint density at radius 1 is 1.47 bits per heavy atom. The van der Waals surface area contributed by atoms with E-state index in [9.17, 15) is 4.79 Å². The van der Waals surface area contributed by atoms with Crippen LogP contribution in [0.15, 0.2) is 53.9 Å². The monoisotopic (exact) mass is 407 g/mol. The van der Waals surface area contributed by atoms with Crippen molar-refractivity contribution in [2.24, 2.45) is 0 Å². The van der Waals surface area contributed by atoms with Crippen molar-refractivity contribution in [1.82, 2.24) is 15.3 Å². The van der Waals surface area contributed by atoms with Crippen molar-refractivity contribution >= 4 is 22.5 Å². The molecule has 1 amide bonds. The average molecular weight is 408 g/mol. The average Bonchev–Trinajstić information content (AvgIpc) is 3.45. The Kier molecular flexibility index (Phi) is 7.25. The molecule has 0 spiro atoms. The Hall–Kier alpha value is -3.12. The lowest BCUT2D eigenvalue weighted by Crippen LogP contribution is -2.34. The number of ether oxygens (including phenoxy) is 1. The van der Waals surface area contributed by atoms with Gasteiger partial charge in [-0.3, -0.25) is 4.79 Å². The van der Waals surface area contributed by atoms with Gasteiger partial charge in [0.25, 0.3) is 0 Å². The number of amides is 1. The summed E-state index contributed by atoms with van der Waals surface area (Å²) in [7, 11) is 1.68. The van der Waals surface area contributed by atoms with Crippen LogP contribution in [0.4, 0.5) is 0 Å². The molecule has 0 saturated carbocycles. The maximum absolute atomic E-state index is 11.8. The number of allylic oxidation sites excluding steroid dienone is 1. The second-order valence-corrected chi connectivity index (χ2v) is 6.92. The van der Waals surface area contributed by atoms with Crippen LogP contribution >= 0.6 is 0 Å². The first kappa shape index (κ1) is 21.6. The summed E-state index contributed by atoms with van der Waals surface area (Å²) in [6.07, 6.45) is 11.6. The van der Waals surface area contributed by atoms with Crippen LogP contribution < -0.4 is 5.32 Å². The van der Waals surface area contributed by atoms with Crippen LogP contribution in [0, 0.1) is 0 Å². The van der Waals surface area contributed by atoms with Crippen molar-refractivity contribution in [2.45, 2.75) is 45.8 Å². The molecule has 0 bridgehead atoms. The maximum atomic E-state index is 11.8. The van der Waals surface area contributed by atoms with Gasteiger partial charge < -0.3 is 19.5 Å². The lowest BCUT2D eigenvalue weighted by atomic mass is 9.86. The summed E-state index contributed by atoms with van der Waals surface area (Å²) in [5.74, 6) is 0.651. The van der Waals surface area contributed by atoms with Crippen LogP contribution in [0.3, 0.4) is 0 Å². The Labute approximate surface area is 177 Å². The third kappa shape index (κ3) is 4.39. The van der Waals surface area contributed by atoms with Gasteiger partial charge in [0, 0.05) is 42.1 Å². The van der Waals surface area contributed by atoms with E-state index >= 15 is 0 Å². The van der Waals surface area contributed by atoms with Crippen molar-refractivity contribution in [3.05, 3.63) is 60.6 Å². The van der Waals surface area contributed by atoms with E-state index in [1.807, 2.05) is 38.4 Å². The molecule has 2 N–H and O–H groups in total. The summed E-state index contributed by atoms with van der Waals surface area (Å²) in [6, 6.07) is 3.90. The summed E-state index contributed by atoms with van der Waals surface area (Å²) in [6.45, 7) is 8.01. The lowest BCUT2D eigenvalue weighted by molar-refractivity contribution is -0.117. The number of carbonyl (C=O) groups excluding carboxylic acids is 1. The van der Waals surface area contributed by atoms with E-state index in [-0.39, 0.29) is 11.9 Å². The molecule has 0 fully saturated rings. The van der Waals surface area contributed by atoms with Crippen LogP contribution in [0.5, 0.6) is 0 Å². The lowest BCUT2D eigenvalue weighted by Gasteiger charge is -2.25. The number of nitrogens with one attached hydrogen (secondary N) is 2. The molecule has 0 radical (unpaired) electrons. The van der Waals surface area contributed by atoms with Gasteiger partial charge in [0.05, 0.1) is 12.9 Å². The molecule has 1 aliphatic rings. The van der Waals surface area contributed by atoms with Crippen LogP contribution in [-0.2, 0) is 16.1 Å². The number of pyridine rings is 1. The Morgan fingerprint density at radius 3 is 3.00 bits per heavy atom. The molecule has 0 saturated heterocycles. The summed E-state index contributed by atoms with van der Waals surface area (Å²) in [4.78, 5) is 19.6. The second-order valence-electron chi connectivity index (χ2n) is 6.92. The highest BCUT2D eigenvalue weighted by atomic mass is 16.5. The zero-order chi connectivity index (χ0) is 21.5. The quantitative estimate of drug-likeness (QED) is 0.548. The first-order chi connectivity index (χ1) is 14.7. The number of hydrogen-bond acceptors (Lipinski definition) is 4. The number of hydrogen-bond donors (Lipinski definition) is 2. The van der Waals surface area contributed by atoms with Gasteiger partial charge in [-0.1, -0.05) is 26.5 Å². The summed E-state index contributed by atoms with van der Waals surface area (Å²) < 4.78 is 11.1. The minimum Gasteiger partial charge on any atom is -0.464 e. The highest BCUT2D eigenvalue weighted by Crippen LogP contribution is 2.39. The molecule has 158 valence electrons. The predicted octanol–water partition coefficient (Wildman–Crippen LogP) is 5.23. The number of H-pyrrole nitrogens is 1. The first-order valence-corrected chi connectivity index (χ1v) is 10.4. The molecule has 0 aromatic carbocycles. The van der Waals surface area contributed by atoms with Gasteiger partial charge in [-0.2, -0.15) is 0 Å². The number of rotatable bonds is 6. The number of aromatic nitrogens is 2. The van der Waals surface area contributed by atoms with Crippen molar-refractivity contribution < 1.29 is 13.9 Å². The van der Waals surface area contributed by atoms with Crippen LogP contribution in [-0.4, -0.2) is 29.0 Å². The molecular formula is C24H29N3O3. The summed E-state index contributed by atoms with van der Waals surface area (Å²) >= 11 is 0. The van der Waals surface area contributed by atoms with E-state index in [2.05, 4.69) is 27.9 Å². The number of carbonyl (C=O) groups is 1. The SMILES string of the molecule is C=CC(=O)NC1CCC=C(c2c(COC)cnc3[nH]cc(-c4ccco4)c23)C1.CC. The van der Waals surface area contributed by atoms with Crippen molar-refractivity contribution in [3.63, 3.8) is 0 Å². The molecule has 3 aromatic heterocycles. The second kappa shape index (κ2) is 10.1. The van der Waals surface area contributed by atoms with Crippen LogP contribution in [0.2, 0.25) is 0 Å². The summed E-state index contributed by atoms with van der Waals surface area (Å²) in [5, 5.41) is 4.05. The van der Waals surface area contributed by atoms with E-state index in [1.54, 1.807) is 13.4 Å². The Balaban J connectivity index is 0.00000124. The molecule has 1 aliphatic carbocycles. The molecule has 0 aliphatic heterocycles. The van der Waals surface area contributed by atoms with Gasteiger partial charge in [-0.25, -0.2) is 4.98 Å². The van der Waals surface area contributed by atoms with Crippen molar-refractivity contribution in [2.75, 3.05) is 7.11 Å². The molecule has 1 unspecified atom stereocenters. The summed E-state index contributed by atoms with van der Waals surface area (Å²) in [5.41, 5.74) is 5.09. The molecule has 6 heteroatoms. The Morgan fingerprint density at radius 2 is 2.30 bits per heavy atom. The molecule has 30 heavy (non-hydrogen) atoms. The van der Waals surface area contributed by atoms with Gasteiger partial charge >= 0.3 is 0 Å². The van der Waals surface area contributed by atoms with Gasteiger partial charge in [-0.15, -0.1) is 0 Å². The van der Waals surface area contributed by atoms with Crippen molar-refractivity contribution in [1.29, 1.82) is 0 Å². The molecule has 1 atom stereocenters. The van der Waals surface area contributed by atoms with E-state index in [1.165, 1.54) is 11.6 Å². The van der Waals surface area contributed by atoms with Crippen LogP contribution in [0.25, 0.3) is 27.9 Å². The molecular weight excluding hydrogens is 378 g/mol. The largest absolute Gasteiger partial charge is 0.464 e. The Bertz CT molecular complexity index is 1030. The van der Waals surface area contributed by atoms with E-state index in [0.717, 1.165) is 52.7 Å². The zero-order valence-corrected chi connectivity index (χ0v) is 17.8. The number of aromatic amines is 1. The van der Waals surface area contributed by atoms with Crippen molar-refractivity contribution in [3.8, 4) is 11.3 Å². The number of nitrogens with zero attached hydrogens (tertiary/aromatic N) is 1. The van der Waals surface area contributed by atoms with E-state index in [0.29, 0.717) is 6.61 Å². The molecule has 3 heterocycles. The topological polar surface area (TPSA) is 80.1 Å². The standard InChI is InChI=1S/C22H23N3O3.C2H6/c1-3-19(26)25-16-7-4-6-14(10-16)20-15(13-27-2)11-23-22-21(20)17(12-24-22)18-8-5-9-28-18;1-2/h3,5-6,8-9,11-12,16H,1,4,7,10,13H2,2H3,(H,23,24)(H,25,26);1-2H3. The predicted molar refractivity (Wildman–Crippen MR) is 120 cm³/mol. The molecule has 4 rings (SSSR count). The first-order valence-electron chi connectivity index (χ1n) is 10.4. The van der Waals surface area contributed by atoms with Gasteiger partial charge in [0.15, 0.2) is 0 Å². The molecule has 6 nitrogen and oxygen atoms in total. The third-order valence-electron chi connectivity index (χ3n) is 5.09. The zero-order valence-electron chi connectivity index (χ0n) is 17.8. The fourth-order valence-corrected chi connectivity index (χ4v) is 3.89. The van der Waals surface area contributed by atoms with Gasteiger partial charge in [0.2, 0.25) is 5.91 Å². The minimum atomic E-state index is -0.138. The van der Waals surface area contributed by atoms with Crippen LogP contribution in [0.1, 0.15) is 44.2 Å². The number of fused-ring (bicyclic) bond motifs is 1. The van der Waals surface area contributed by atoms with E-state index < -0.39 is 0 Å². The third-order valence-corrected chi connectivity index (χ3v) is 5.09. The number of furan rings is 1. The highest BCUT2D eigenvalue weighted by Gasteiger charge is 2.24.